The van der Waals surface area contributed by atoms with Gasteiger partial charge < -0.3 is 10.4 Å². The zero-order chi connectivity index (χ0) is 9.97. The fourth-order valence-corrected chi connectivity index (χ4v) is 2.18. The minimum absolute atomic E-state index is 0.357. The molecule has 2 N–H and O–H groups in total. The number of nitrogens with one attached hydrogen (secondary N) is 1. The molecule has 2 unspecified atom stereocenters. The van der Waals surface area contributed by atoms with E-state index in [0.717, 1.165) is 6.54 Å². The fraction of sp³-hybridized carbons (Fsp3) is 0.500. The summed E-state index contributed by atoms with van der Waals surface area (Å²) < 4.78 is 0. The first kappa shape index (κ1) is 9.53. The number of phenolic OH excluding ortho intramolecular Hbond substituents is 1. The standard InChI is InChI=1S/C12H17NO/c1-9-8-11(6-7-13-9)10-2-4-12(14)5-3-10/h2-5,9,11,13-14H,6-8H2,1H3. The summed E-state index contributed by atoms with van der Waals surface area (Å²) in [4.78, 5) is 0. The van der Waals surface area contributed by atoms with E-state index in [1.807, 2.05) is 12.1 Å². The van der Waals surface area contributed by atoms with Crippen molar-refractivity contribution in [2.24, 2.45) is 0 Å². The normalized spacial score (nSPS) is 27.5. The molecular weight excluding hydrogens is 174 g/mol. The summed E-state index contributed by atoms with van der Waals surface area (Å²) in [6, 6.07) is 8.25. The highest BCUT2D eigenvalue weighted by molar-refractivity contribution is 5.28. The molecule has 2 heteroatoms. The largest absolute Gasteiger partial charge is 0.508 e. The molecule has 0 spiro atoms. The molecule has 2 rings (SSSR count). The molecule has 0 radical (unpaired) electrons. The Morgan fingerprint density at radius 2 is 2.00 bits per heavy atom. The fourth-order valence-electron chi connectivity index (χ4n) is 2.18. The first-order chi connectivity index (χ1) is 6.75. The molecular formula is C12H17NO. The Bertz CT molecular complexity index is 294. The molecule has 0 aliphatic carbocycles. The number of phenols is 1. The van der Waals surface area contributed by atoms with Crippen LogP contribution in [0.2, 0.25) is 0 Å². The molecule has 14 heavy (non-hydrogen) atoms. The molecule has 2 nitrogen and oxygen atoms in total. The van der Waals surface area contributed by atoms with Crippen LogP contribution in [0.15, 0.2) is 24.3 Å². The molecule has 0 amide bonds. The Kier molecular flexibility index (Phi) is 2.73. The van der Waals surface area contributed by atoms with E-state index in [1.165, 1.54) is 18.4 Å². The van der Waals surface area contributed by atoms with Crippen molar-refractivity contribution in [3.63, 3.8) is 0 Å². The van der Waals surface area contributed by atoms with Crippen LogP contribution >= 0.6 is 0 Å². The Hall–Kier alpha value is -1.02. The van der Waals surface area contributed by atoms with E-state index >= 15 is 0 Å². The third-order valence-corrected chi connectivity index (χ3v) is 2.99. The van der Waals surface area contributed by atoms with Crippen LogP contribution in [0, 0.1) is 0 Å². The van der Waals surface area contributed by atoms with Gasteiger partial charge in [-0.3, -0.25) is 0 Å². The Balaban J connectivity index is 2.10. The second kappa shape index (κ2) is 4.01. The molecule has 0 bridgehead atoms. The van der Waals surface area contributed by atoms with Gasteiger partial charge in [0.05, 0.1) is 0 Å². The van der Waals surface area contributed by atoms with Crippen molar-refractivity contribution < 1.29 is 5.11 Å². The molecule has 0 saturated carbocycles. The van der Waals surface area contributed by atoms with Gasteiger partial charge in [0.25, 0.3) is 0 Å². The van der Waals surface area contributed by atoms with Crippen molar-refractivity contribution >= 4 is 0 Å². The van der Waals surface area contributed by atoms with Crippen LogP contribution in [-0.2, 0) is 0 Å². The maximum absolute atomic E-state index is 9.19. The van der Waals surface area contributed by atoms with Crippen molar-refractivity contribution in [1.82, 2.24) is 5.32 Å². The number of benzene rings is 1. The van der Waals surface area contributed by atoms with Gasteiger partial charge in [0.2, 0.25) is 0 Å². The molecule has 1 saturated heterocycles. The summed E-state index contributed by atoms with van der Waals surface area (Å²) in [6.07, 6.45) is 2.40. The Labute approximate surface area is 85.0 Å². The second-order valence-corrected chi connectivity index (χ2v) is 4.17. The van der Waals surface area contributed by atoms with Crippen LogP contribution < -0.4 is 5.32 Å². The molecule has 76 valence electrons. The first-order valence-corrected chi connectivity index (χ1v) is 5.28. The van der Waals surface area contributed by atoms with Crippen LogP contribution in [0.4, 0.5) is 0 Å². The van der Waals surface area contributed by atoms with E-state index in [0.29, 0.717) is 17.7 Å². The molecule has 1 aromatic rings. The maximum Gasteiger partial charge on any atom is 0.115 e. The van der Waals surface area contributed by atoms with E-state index in [1.54, 1.807) is 12.1 Å². The quantitative estimate of drug-likeness (QED) is 0.713. The monoisotopic (exact) mass is 191 g/mol. The topological polar surface area (TPSA) is 32.3 Å². The lowest BCUT2D eigenvalue weighted by atomic mass is 9.87. The summed E-state index contributed by atoms with van der Waals surface area (Å²) in [7, 11) is 0. The van der Waals surface area contributed by atoms with Gasteiger partial charge in [-0.25, -0.2) is 0 Å². The third kappa shape index (κ3) is 2.07. The lowest BCUT2D eigenvalue weighted by molar-refractivity contribution is 0.381. The van der Waals surface area contributed by atoms with Gasteiger partial charge in [-0.2, -0.15) is 0 Å². The van der Waals surface area contributed by atoms with Crippen molar-refractivity contribution in [2.75, 3.05) is 6.54 Å². The van der Waals surface area contributed by atoms with Crippen LogP contribution in [0.3, 0.4) is 0 Å². The van der Waals surface area contributed by atoms with Crippen molar-refractivity contribution in [1.29, 1.82) is 0 Å². The van der Waals surface area contributed by atoms with E-state index in [-0.39, 0.29) is 0 Å². The predicted octanol–water partition coefficient (Wildman–Crippen LogP) is 2.25. The van der Waals surface area contributed by atoms with Crippen LogP contribution in [-0.4, -0.2) is 17.7 Å². The zero-order valence-electron chi connectivity index (χ0n) is 8.53. The van der Waals surface area contributed by atoms with Crippen molar-refractivity contribution in [2.45, 2.75) is 31.7 Å². The van der Waals surface area contributed by atoms with Crippen molar-refractivity contribution in [3.05, 3.63) is 29.8 Å². The number of piperidine rings is 1. The lowest BCUT2D eigenvalue weighted by Crippen LogP contribution is -2.34. The predicted molar refractivity (Wildman–Crippen MR) is 57.5 cm³/mol. The summed E-state index contributed by atoms with van der Waals surface area (Å²) >= 11 is 0. The molecule has 1 heterocycles. The van der Waals surface area contributed by atoms with Crippen molar-refractivity contribution in [3.8, 4) is 5.75 Å². The van der Waals surface area contributed by atoms with Gasteiger partial charge in [0.15, 0.2) is 0 Å². The number of hydrogen-bond donors (Lipinski definition) is 2. The average Bonchev–Trinajstić information content (AvgIpc) is 2.19. The smallest absolute Gasteiger partial charge is 0.115 e. The van der Waals surface area contributed by atoms with E-state index in [9.17, 15) is 5.11 Å². The molecule has 1 aromatic carbocycles. The number of hydrogen-bond acceptors (Lipinski definition) is 2. The summed E-state index contributed by atoms with van der Waals surface area (Å²) in [5.41, 5.74) is 1.36. The molecule has 2 atom stereocenters. The molecule has 1 aliphatic heterocycles. The second-order valence-electron chi connectivity index (χ2n) is 4.17. The SMILES string of the molecule is CC1CC(c2ccc(O)cc2)CCN1. The average molecular weight is 191 g/mol. The maximum atomic E-state index is 9.19. The molecule has 0 aromatic heterocycles. The minimum atomic E-state index is 0.357. The Morgan fingerprint density at radius 1 is 1.29 bits per heavy atom. The van der Waals surface area contributed by atoms with E-state index in [4.69, 9.17) is 0 Å². The highest BCUT2D eigenvalue weighted by atomic mass is 16.3. The van der Waals surface area contributed by atoms with Gasteiger partial charge in [-0.05, 0) is 49.9 Å². The minimum Gasteiger partial charge on any atom is -0.508 e. The Morgan fingerprint density at radius 3 is 2.64 bits per heavy atom. The van der Waals surface area contributed by atoms with Crippen LogP contribution in [0.25, 0.3) is 0 Å². The summed E-state index contributed by atoms with van der Waals surface area (Å²) in [5, 5.41) is 12.6. The van der Waals surface area contributed by atoms with Gasteiger partial charge in [0, 0.05) is 6.04 Å². The third-order valence-electron chi connectivity index (χ3n) is 2.99. The van der Waals surface area contributed by atoms with Gasteiger partial charge in [-0.15, -0.1) is 0 Å². The van der Waals surface area contributed by atoms with Crippen LogP contribution in [0.5, 0.6) is 5.75 Å². The highest BCUT2D eigenvalue weighted by Crippen LogP contribution is 2.28. The van der Waals surface area contributed by atoms with Gasteiger partial charge in [0.1, 0.15) is 5.75 Å². The first-order valence-electron chi connectivity index (χ1n) is 5.28. The molecule has 1 aliphatic rings. The van der Waals surface area contributed by atoms with E-state index in [2.05, 4.69) is 12.2 Å². The van der Waals surface area contributed by atoms with Gasteiger partial charge >= 0.3 is 0 Å². The zero-order valence-corrected chi connectivity index (χ0v) is 8.53. The highest BCUT2D eigenvalue weighted by Gasteiger charge is 2.19. The van der Waals surface area contributed by atoms with Gasteiger partial charge in [-0.1, -0.05) is 12.1 Å². The summed E-state index contributed by atoms with van der Waals surface area (Å²) in [6.45, 7) is 3.33. The van der Waals surface area contributed by atoms with Crippen LogP contribution in [0.1, 0.15) is 31.2 Å². The van der Waals surface area contributed by atoms with E-state index < -0.39 is 0 Å². The lowest BCUT2D eigenvalue weighted by Gasteiger charge is -2.28. The number of rotatable bonds is 1. The number of aromatic hydroxyl groups is 1. The molecule has 1 fully saturated rings. The summed E-state index contributed by atoms with van der Waals surface area (Å²) in [5.74, 6) is 1.02.